The molecule has 0 fully saturated rings. The normalized spacial score (nSPS) is 13.3. The molecular weight excluding hydrogens is 391 g/mol. The minimum Gasteiger partial charge on any atom is -0.496 e. The van der Waals surface area contributed by atoms with Gasteiger partial charge < -0.3 is 19.9 Å². The second-order valence-electron chi connectivity index (χ2n) is 6.12. The molecule has 0 aliphatic heterocycles. The second kappa shape index (κ2) is 9.42. The summed E-state index contributed by atoms with van der Waals surface area (Å²) < 4.78 is 47.8. The number of para-hydroxylation sites is 1. The van der Waals surface area contributed by atoms with Crippen molar-refractivity contribution in [3.05, 3.63) is 65.2 Å². The molecule has 0 bridgehead atoms. The third-order valence-electron chi connectivity index (χ3n) is 4.22. The number of hydrogen-bond donors (Lipinski definition) is 2. The number of alkyl halides is 3. The highest BCUT2D eigenvalue weighted by Gasteiger charge is 2.31. The molecule has 0 aliphatic rings. The average Bonchev–Trinajstić information content (AvgIpc) is 2.71. The van der Waals surface area contributed by atoms with E-state index in [9.17, 15) is 27.9 Å². The summed E-state index contributed by atoms with van der Waals surface area (Å²) in [6.07, 6.45) is -6.26. The fourth-order valence-electron chi connectivity index (χ4n) is 2.68. The van der Waals surface area contributed by atoms with Crippen molar-refractivity contribution < 1.29 is 37.3 Å². The van der Waals surface area contributed by atoms with Gasteiger partial charge in [-0.1, -0.05) is 30.3 Å². The minimum absolute atomic E-state index is 0.0299. The van der Waals surface area contributed by atoms with Gasteiger partial charge >= 0.3 is 12.1 Å². The van der Waals surface area contributed by atoms with Gasteiger partial charge in [-0.3, -0.25) is 4.79 Å². The summed E-state index contributed by atoms with van der Waals surface area (Å²) in [5, 5.41) is 12.6. The Labute approximate surface area is 165 Å². The van der Waals surface area contributed by atoms with Gasteiger partial charge in [0, 0.05) is 6.42 Å². The lowest BCUT2D eigenvalue weighted by Crippen LogP contribution is -2.45. The first-order chi connectivity index (χ1) is 13.7. The fraction of sp³-hybridized carbons (Fsp3) is 0.300. The molecule has 6 nitrogen and oxygen atoms in total. The van der Waals surface area contributed by atoms with E-state index in [-0.39, 0.29) is 12.0 Å². The number of amides is 1. The Morgan fingerprint density at radius 1 is 1.07 bits per heavy atom. The van der Waals surface area contributed by atoms with Crippen LogP contribution in [0.1, 0.15) is 22.8 Å². The highest BCUT2D eigenvalue weighted by Crippen LogP contribution is 2.30. The predicted octanol–water partition coefficient (Wildman–Crippen LogP) is 2.65. The Morgan fingerprint density at radius 3 is 2.24 bits per heavy atom. The molecule has 0 aliphatic carbocycles. The van der Waals surface area contributed by atoms with Gasteiger partial charge in [-0.2, -0.15) is 13.2 Å². The number of benzene rings is 2. The van der Waals surface area contributed by atoms with Crippen LogP contribution < -0.4 is 10.1 Å². The lowest BCUT2D eigenvalue weighted by atomic mass is 10.0. The zero-order valence-corrected chi connectivity index (χ0v) is 15.7. The molecule has 0 spiro atoms. The van der Waals surface area contributed by atoms with Gasteiger partial charge in [-0.25, -0.2) is 4.79 Å². The molecule has 9 heteroatoms. The highest BCUT2D eigenvalue weighted by molar-refractivity contribution is 5.87. The molecule has 2 atom stereocenters. The first-order valence-corrected chi connectivity index (χ1v) is 8.52. The number of ether oxygens (including phenoxy) is 2. The van der Waals surface area contributed by atoms with Crippen LogP contribution in [0.15, 0.2) is 48.5 Å². The van der Waals surface area contributed by atoms with Gasteiger partial charge in [0.1, 0.15) is 11.8 Å². The van der Waals surface area contributed by atoms with Gasteiger partial charge in [0.15, 0.2) is 6.10 Å². The summed E-state index contributed by atoms with van der Waals surface area (Å²) in [5.74, 6) is -1.20. The van der Waals surface area contributed by atoms with E-state index in [4.69, 9.17) is 9.47 Å². The lowest BCUT2D eigenvalue weighted by Gasteiger charge is -2.20. The minimum atomic E-state index is -4.53. The molecule has 0 heterocycles. The monoisotopic (exact) mass is 411 g/mol. The topological polar surface area (TPSA) is 84.9 Å². The third kappa shape index (κ3) is 5.71. The van der Waals surface area contributed by atoms with Gasteiger partial charge in [0.05, 0.1) is 19.8 Å². The van der Waals surface area contributed by atoms with Crippen LogP contribution in [0.5, 0.6) is 5.75 Å². The number of nitrogens with one attached hydrogen (secondary N) is 1. The van der Waals surface area contributed by atoms with E-state index < -0.39 is 35.8 Å². The first kappa shape index (κ1) is 22.2. The smallest absolute Gasteiger partial charge is 0.416 e. The van der Waals surface area contributed by atoms with Crippen LogP contribution in [-0.2, 0) is 26.9 Å². The van der Waals surface area contributed by atoms with Gasteiger partial charge in [-0.15, -0.1) is 0 Å². The van der Waals surface area contributed by atoms with Crippen molar-refractivity contribution in [2.75, 3.05) is 14.2 Å². The molecule has 0 radical (unpaired) electrons. The summed E-state index contributed by atoms with van der Waals surface area (Å²) in [4.78, 5) is 24.5. The Balaban J connectivity index is 2.16. The van der Waals surface area contributed by atoms with E-state index in [0.717, 1.165) is 31.4 Å². The highest BCUT2D eigenvalue weighted by atomic mass is 19.4. The maximum Gasteiger partial charge on any atom is 0.416 e. The van der Waals surface area contributed by atoms with Crippen LogP contribution in [0, 0.1) is 0 Å². The van der Waals surface area contributed by atoms with Crippen molar-refractivity contribution >= 4 is 11.9 Å². The molecule has 29 heavy (non-hydrogen) atoms. The molecular formula is C20H20F3NO5. The molecule has 0 saturated carbocycles. The Morgan fingerprint density at radius 2 is 1.69 bits per heavy atom. The van der Waals surface area contributed by atoms with Crippen LogP contribution >= 0.6 is 0 Å². The third-order valence-corrected chi connectivity index (χ3v) is 4.22. The summed E-state index contributed by atoms with van der Waals surface area (Å²) in [6.45, 7) is 0. The number of methoxy groups -OCH3 is 2. The number of hydrogen-bond acceptors (Lipinski definition) is 5. The molecule has 0 aromatic heterocycles. The van der Waals surface area contributed by atoms with E-state index >= 15 is 0 Å². The van der Waals surface area contributed by atoms with E-state index in [2.05, 4.69) is 5.32 Å². The number of halogens is 3. The van der Waals surface area contributed by atoms with Crippen molar-refractivity contribution in [3.63, 3.8) is 0 Å². The largest absolute Gasteiger partial charge is 0.496 e. The predicted molar refractivity (Wildman–Crippen MR) is 97.0 cm³/mol. The lowest BCUT2D eigenvalue weighted by molar-refractivity contribution is -0.146. The summed E-state index contributed by atoms with van der Waals surface area (Å²) in [7, 11) is 2.61. The Hall–Kier alpha value is -3.07. The number of aliphatic hydroxyl groups excluding tert-OH is 1. The molecule has 0 saturated heterocycles. The van der Waals surface area contributed by atoms with E-state index in [0.29, 0.717) is 11.3 Å². The molecule has 2 aromatic carbocycles. The number of rotatable bonds is 7. The number of esters is 1. The number of carbonyl (C=O) groups is 2. The van der Waals surface area contributed by atoms with Crippen molar-refractivity contribution in [1.82, 2.24) is 5.32 Å². The second-order valence-corrected chi connectivity index (χ2v) is 6.12. The fourth-order valence-corrected chi connectivity index (χ4v) is 2.68. The average molecular weight is 411 g/mol. The summed E-state index contributed by atoms with van der Waals surface area (Å²) >= 11 is 0. The van der Waals surface area contributed by atoms with Crippen molar-refractivity contribution in [2.24, 2.45) is 0 Å². The SMILES string of the molecule is COC(=O)[C@@H](Cc1ccccc1OC)NC(=O)[C@H](O)c1ccc(C(F)(F)F)cc1. The molecule has 2 aromatic rings. The Bertz CT molecular complexity index is 852. The van der Waals surface area contributed by atoms with Crippen molar-refractivity contribution in [2.45, 2.75) is 24.7 Å². The zero-order chi connectivity index (χ0) is 21.6. The number of aliphatic hydroxyl groups is 1. The van der Waals surface area contributed by atoms with Crippen LogP contribution in [-0.4, -0.2) is 37.2 Å². The first-order valence-electron chi connectivity index (χ1n) is 8.52. The van der Waals surface area contributed by atoms with Gasteiger partial charge in [-0.05, 0) is 29.3 Å². The summed E-state index contributed by atoms with van der Waals surface area (Å²) in [6, 6.07) is 9.24. The standard InChI is InChI=1S/C20H20F3NO5/c1-28-16-6-4-3-5-13(16)11-15(19(27)29-2)24-18(26)17(25)12-7-9-14(10-8-12)20(21,22)23/h3-10,15,17,25H,11H2,1-2H3,(H,24,26)/t15-,17-/m1/s1. The number of carbonyl (C=O) groups excluding carboxylic acids is 2. The maximum atomic E-state index is 12.6. The molecule has 156 valence electrons. The van der Waals surface area contributed by atoms with Crippen molar-refractivity contribution in [3.8, 4) is 5.75 Å². The van der Waals surface area contributed by atoms with Crippen LogP contribution in [0.2, 0.25) is 0 Å². The quantitative estimate of drug-likeness (QED) is 0.685. The maximum absolute atomic E-state index is 12.6. The van der Waals surface area contributed by atoms with Crippen LogP contribution in [0.4, 0.5) is 13.2 Å². The Kier molecular flexibility index (Phi) is 7.22. The van der Waals surface area contributed by atoms with Gasteiger partial charge in [0.25, 0.3) is 5.91 Å². The van der Waals surface area contributed by atoms with E-state index in [1.807, 2.05) is 0 Å². The molecule has 1 amide bonds. The molecule has 2 rings (SSSR count). The molecule has 0 unspecified atom stereocenters. The van der Waals surface area contributed by atoms with Crippen LogP contribution in [0.3, 0.4) is 0 Å². The van der Waals surface area contributed by atoms with E-state index in [1.165, 1.54) is 7.11 Å². The van der Waals surface area contributed by atoms with Crippen molar-refractivity contribution in [1.29, 1.82) is 0 Å². The summed E-state index contributed by atoms with van der Waals surface area (Å²) in [5.41, 5.74) is -0.330. The van der Waals surface area contributed by atoms with E-state index in [1.54, 1.807) is 24.3 Å². The molecule has 2 N–H and O–H groups in total. The zero-order valence-electron chi connectivity index (χ0n) is 15.7. The van der Waals surface area contributed by atoms with Crippen LogP contribution in [0.25, 0.3) is 0 Å². The van der Waals surface area contributed by atoms with Gasteiger partial charge in [0.2, 0.25) is 0 Å².